The summed E-state index contributed by atoms with van der Waals surface area (Å²) in [5.74, 6) is 0.947. The molecule has 2 aromatic rings. The summed E-state index contributed by atoms with van der Waals surface area (Å²) in [5, 5.41) is 1.02. The van der Waals surface area contributed by atoms with Crippen molar-refractivity contribution < 1.29 is 4.74 Å². The molecule has 0 aliphatic carbocycles. The van der Waals surface area contributed by atoms with Gasteiger partial charge in [0.1, 0.15) is 5.75 Å². The molecule has 0 atom stereocenters. The van der Waals surface area contributed by atoms with E-state index in [4.69, 9.17) is 4.74 Å². The monoisotopic (exact) mass is 215 g/mol. The molecule has 0 fully saturated rings. The molecule has 3 rings (SSSR count). The molecule has 0 bridgehead atoms. The Labute approximate surface area is 93.1 Å². The SMILES string of the molecule is Cc1cc2c(c3ccc(=O)[nH]c13)OCCC2. The quantitative estimate of drug-likeness (QED) is 0.731. The van der Waals surface area contributed by atoms with E-state index in [9.17, 15) is 4.79 Å². The van der Waals surface area contributed by atoms with Crippen molar-refractivity contribution in [3.8, 4) is 5.75 Å². The summed E-state index contributed by atoms with van der Waals surface area (Å²) in [6.07, 6.45) is 2.13. The van der Waals surface area contributed by atoms with Gasteiger partial charge in [0.15, 0.2) is 0 Å². The third-order valence-electron chi connectivity index (χ3n) is 3.08. The predicted molar refractivity (Wildman–Crippen MR) is 63.1 cm³/mol. The van der Waals surface area contributed by atoms with Gasteiger partial charge in [0.05, 0.1) is 12.1 Å². The smallest absolute Gasteiger partial charge is 0.248 e. The minimum atomic E-state index is -0.0636. The highest BCUT2D eigenvalue weighted by Gasteiger charge is 2.15. The van der Waals surface area contributed by atoms with Crippen molar-refractivity contribution in [1.82, 2.24) is 4.98 Å². The molecule has 1 aliphatic heterocycles. The van der Waals surface area contributed by atoms with E-state index in [0.717, 1.165) is 41.7 Å². The first-order chi connectivity index (χ1) is 7.75. The molecule has 3 heteroatoms. The highest BCUT2D eigenvalue weighted by molar-refractivity contribution is 5.89. The van der Waals surface area contributed by atoms with Crippen LogP contribution in [0.1, 0.15) is 17.5 Å². The minimum Gasteiger partial charge on any atom is -0.493 e. The van der Waals surface area contributed by atoms with Crippen LogP contribution >= 0.6 is 0 Å². The fourth-order valence-electron chi connectivity index (χ4n) is 2.34. The van der Waals surface area contributed by atoms with Gasteiger partial charge in [-0.05, 0) is 37.0 Å². The molecule has 0 saturated carbocycles. The zero-order valence-corrected chi connectivity index (χ0v) is 9.17. The van der Waals surface area contributed by atoms with Gasteiger partial charge in [0.2, 0.25) is 5.56 Å². The number of aryl methyl sites for hydroxylation is 2. The van der Waals surface area contributed by atoms with E-state index >= 15 is 0 Å². The molecule has 1 aromatic carbocycles. The number of aromatic amines is 1. The number of ether oxygens (including phenoxy) is 1. The molecule has 82 valence electrons. The molecule has 1 aliphatic rings. The molecule has 0 amide bonds. The molecule has 3 nitrogen and oxygen atoms in total. The zero-order chi connectivity index (χ0) is 11.1. The fourth-order valence-corrected chi connectivity index (χ4v) is 2.34. The van der Waals surface area contributed by atoms with Gasteiger partial charge in [0.25, 0.3) is 0 Å². The van der Waals surface area contributed by atoms with E-state index in [-0.39, 0.29) is 5.56 Å². The third-order valence-corrected chi connectivity index (χ3v) is 3.08. The molecule has 0 spiro atoms. The van der Waals surface area contributed by atoms with Gasteiger partial charge in [-0.15, -0.1) is 0 Å². The van der Waals surface area contributed by atoms with Crippen LogP contribution in [0.2, 0.25) is 0 Å². The first-order valence-corrected chi connectivity index (χ1v) is 5.54. The van der Waals surface area contributed by atoms with Crippen LogP contribution in [0.15, 0.2) is 23.0 Å². The first kappa shape index (κ1) is 9.46. The fraction of sp³-hybridized carbons (Fsp3) is 0.308. The highest BCUT2D eigenvalue weighted by atomic mass is 16.5. The lowest BCUT2D eigenvalue weighted by molar-refractivity contribution is 0.292. The van der Waals surface area contributed by atoms with Crippen LogP contribution in [0, 0.1) is 6.92 Å². The van der Waals surface area contributed by atoms with Gasteiger partial charge in [-0.3, -0.25) is 4.79 Å². The van der Waals surface area contributed by atoms with Crippen LogP contribution in [0.5, 0.6) is 5.75 Å². The number of hydrogen-bond acceptors (Lipinski definition) is 2. The lowest BCUT2D eigenvalue weighted by atomic mass is 9.99. The summed E-state index contributed by atoms with van der Waals surface area (Å²) in [6, 6.07) is 5.53. The van der Waals surface area contributed by atoms with E-state index in [0.29, 0.717) is 0 Å². The second kappa shape index (κ2) is 3.37. The predicted octanol–water partition coefficient (Wildman–Crippen LogP) is 2.16. The van der Waals surface area contributed by atoms with Gasteiger partial charge in [-0.1, -0.05) is 6.07 Å². The van der Waals surface area contributed by atoms with Crippen molar-refractivity contribution >= 4 is 10.9 Å². The Kier molecular flexibility index (Phi) is 1.99. The Morgan fingerprint density at radius 3 is 3.12 bits per heavy atom. The van der Waals surface area contributed by atoms with Crippen molar-refractivity contribution in [3.63, 3.8) is 0 Å². The Balaban J connectivity index is 2.42. The number of hydrogen-bond donors (Lipinski definition) is 1. The van der Waals surface area contributed by atoms with Crippen LogP contribution in [-0.2, 0) is 6.42 Å². The Bertz CT molecular complexity index is 613. The molecule has 0 saturated heterocycles. The van der Waals surface area contributed by atoms with Crippen molar-refractivity contribution in [3.05, 3.63) is 39.7 Å². The number of aromatic nitrogens is 1. The topological polar surface area (TPSA) is 42.1 Å². The Morgan fingerprint density at radius 1 is 1.38 bits per heavy atom. The van der Waals surface area contributed by atoms with E-state index in [1.165, 1.54) is 5.56 Å². The number of H-pyrrole nitrogens is 1. The summed E-state index contributed by atoms with van der Waals surface area (Å²) in [5.41, 5.74) is 3.19. The van der Waals surface area contributed by atoms with E-state index < -0.39 is 0 Å². The van der Waals surface area contributed by atoms with Crippen LogP contribution in [0.25, 0.3) is 10.9 Å². The molecular formula is C13H13NO2. The van der Waals surface area contributed by atoms with Crippen molar-refractivity contribution in [2.75, 3.05) is 6.61 Å². The normalized spacial score (nSPS) is 14.6. The minimum absolute atomic E-state index is 0.0636. The number of benzene rings is 1. The number of fused-ring (bicyclic) bond motifs is 3. The van der Waals surface area contributed by atoms with Crippen LogP contribution < -0.4 is 10.3 Å². The summed E-state index contributed by atoms with van der Waals surface area (Å²) in [4.78, 5) is 14.2. The molecule has 0 unspecified atom stereocenters. The van der Waals surface area contributed by atoms with Gasteiger partial charge in [-0.25, -0.2) is 0 Å². The molecule has 1 aromatic heterocycles. The average molecular weight is 215 g/mol. The molecular weight excluding hydrogens is 202 g/mol. The summed E-state index contributed by atoms with van der Waals surface area (Å²) >= 11 is 0. The van der Waals surface area contributed by atoms with Gasteiger partial charge in [-0.2, -0.15) is 0 Å². The summed E-state index contributed by atoms with van der Waals surface area (Å²) in [7, 11) is 0. The van der Waals surface area contributed by atoms with Crippen molar-refractivity contribution in [2.24, 2.45) is 0 Å². The second-order valence-electron chi connectivity index (χ2n) is 4.24. The van der Waals surface area contributed by atoms with E-state index in [2.05, 4.69) is 11.1 Å². The number of rotatable bonds is 0. The van der Waals surface area contributed by atoms with Gasteiger partial charge in [0, 0.05) is 11.5 Å². The van der Waals surface area contributed by atoms with Crippen LogP contribution in [0.3, 0.4) is 0 Å². The maximum atomic E-state index is 11.3. The summed E-state index contributed by atoms with van der Waals surface area (Å²) in [6.45, 7) is 2.79. The number of nitrogens with one attached hydrogen (secondary N) is 1. The highest BCUT2D eigenvalue weighted by Crippen LogP contribution is 2.33. The maximum absolute atomic E-state index is 11.3. The molecule has 1 N–H and O–H groups in total. The standard InChI is InChI=1S/C13H13NO2/c1-8-7-9-3-2-6-16-13(9)10-4-5-11(15)14-12(8)10/h4-5,7H,2-3,6H2,1H3,(H,14,15). The Morgan fingerprint density at radius 2 is 2.25 bits per heavy atom. The molecule has 0 radical (unpaired) electrons. The van der Waals surface area contributed by atoms with Crippen molar-refractivity contribution in [2.45, 2.75) is 19.8 Å². The average Bonchev–Trinajstić information content (AvgIpc) is 2.29. The van der Waals surface area contributed by atoms with Crippen LogP contribution in [0.4, 0.5) is 0 Å². The lowest BCUT2D eigenvalue weighted by Gasteiger charge is -2.20. The summed E-state index contributed by atoms with van der Waals surface area (Å²) < 4.78 is 5.71. The van der Waals surface area contributed by atoms with Crippen molar-refractivity contribution in [1.29, 1.82) is 0 Å². The first-order valence-electron chi connectivity index (χ1n) is 5.54. The third kappa shape index (κ3) is 1.32. The second-order valence-corrected chi connectivity index (χ2v) is 4.24. The molecule has 16 heavy (non-hydrogen) atoms. The van der Waals surface area contributed by atoms with Gasteiger partial charge < -0.3 is 9.72 Å². The van der Waals surface area contributed by atoms with Gasteiger partial charge >= 0.3 is 0 Å². The Hall–Kier alpha value is -1.77. The van der Waals surface area contributed by atoms with Crippen LogP contribution in [-0.4, -0.2) is 11.6 Å². The maximum Gasteiger partial charge on any atom is 0.248 e. The van der Waals surface area contributed by atoms with E-state index in [1.807, 2.05) is 13.0 Å². The lowest BCUT2D eigenvalue weighted by Crippen LogP contribution is -2.11. The largest absolute Gasteiger partial charge is 0.493 e. The van der Waals surface area contributed by atoms with E-state index in [1.54, 1.807) is 6.07 Å². The zero-order valence-electron chi connectivity index (χ0n) is 9.17. The molecule has 2 heterocycles. The number of pyridine rings is 1.